The molecule has 0 N–H and O–H groups in total. The SMILES string of the molecule is COc1ccc2sc(N(CCCN3CCOCC3)C(=O)c3cc(C)n(C)n3)nc2c1. The van der Waals surface area contributed by atoms with Crippen LogP contribution in [0.5, 0.6) is 5.75 Å². The summed E-state index contributed by atoms with van der Waals surface area (Å²) >= 11 is 1.51. The predicted octanol–water partition coefficient (Wildman–Crippen LogP) is 2.72. The van der Waals surface area contributed by atoms with Crippen LogP contribution in [0.25, 0.3) is 10.2 Å². The molecule has 4 rings (SSSR count). The normalized spacial score (nSPS) is 14.9. The third kappa shape index (κ3) is 4.48. The first-order valence-electron chi connectivity index (χ1n) is 10.1. The van der Waals surface area contributed by atoms with Gasteiger partial charge in [-0.3, -0.25) is 19.3 Å². The molecule has 0 atom stereocenters. The first kappa shape index (κ1) is 20.8. The Kier molecular flexibility index (Phi) is 6.31. The number of hydrogen-bond donors (Lipinski definition) is 0. The zero-order chi connectivity index (χ0) is 21.1. The number of anilines is 1. The summed E-state index contributed by atoms with van der Waals surface area (Å²) in [6.07, 6.45) is 0.858. The van der Waals surface area contributed by atoms with Gasteiger partial charge in [0.2, 0.25) is 0 Å². The van der Waals surface area contributed by atoms with Crippen molar-refractivity contribution in [2.75, 3.05) is 51.4 Å². The molecule has 30 heavy (non-hydrogen) atoms. The summed E-state index contributed by atoms with van der Waals surface area (Å²) in [6.45, 7) is 6.88. The largest absolute Gasteiger partial charge is 0.497 e. The molecule has 1 aliphatic heterocycles. The minimum Gasteiger partial charge on any atom is -0.497 e. The van der Waals surface area contributed by atoms with Gasteiger partial charge in [-0.05, 0) is 31.5 Å². The van der Waals surface area contributed by atoms with E-state index in [4.69, 9.17) is 14.5 Å². The second-order valence-electron chi connectivity index (χ2n) is 7.39. The van der Waals surface area contributed by atoms with E-state index in [1.54, 1.807) is 16.7 Å². The van der Waals surface area contributed by atoms with Crippen LogP contribution in [0.15, 0.2) is 24.3 Å². The van der Waals surface area contributed by atoms with Gasteiger partial charge in [-0.25, -0.2) is 4.98 Å². The fourth-order valence-corrected chi connectivity index (χ4v) is 4.47. The van der Waals surface area contributed by atoms with E-state index >= 15 is 0 Å². The summed E-state index contributed by atoms with van der Waals surface area (Å²) < 4.78 is 13.5. The van der Waals surface area contributed by atoms with Crippen molar-refractivity contribution in [3.63, 3.8) is 0 Å². The van der Waals surface area contributed by atoms with Crippen molar-refractivity contribution in [2.24, 2.45) is 7.05 Å². The van der Waals surface area contributed by atoms with Crippen LogP contribution < -0.4 is 9.64 Å². The zero-order valence-electron chi connectivity index (χ0n) is 17.6. The van der Waals surface area contributed by atoms with Crippen molar-refractivity contribution in [1.82, 2.24) is 19.7 Å². The van der Waals surface area contributed by atoms with Crippen LogP contribution in [0.2, 0.25) is 0 Å². The molecular formula is C21H27N5O3S. The maximum atomic E-state index is 13.4. The number of carbonyl (C=O) groups is 1. The summed E-state index contributed by atoms with van der Waals surface area (Å²) in [5, 5.41) is 5.08. The van der Waals surface area contributed by atoms with Crippen LogP contribution in [0.1, 0.15) is 22.6 Å². The lowest BCUT2D eigenvalue weighted by molar-refractivity contribution is 0.0376. The number of aryl methyl sites for hydroxylation is 2. The van der Waals surface area contributed by atoms with E-state index in [1.807, 2.05) is 38.2 Å². The van der Waals surface area contributed by atoms with Gasteiger partial charge < -0.3 is 9.47 Å². The van der Waals surface area contributed by atoms with Gasteiger partial charge >= 0.3 is 0 Å². The second kappa shape index (κ2) is 9.11. The Labute approximate surface area is 180 Å². The summed E-state index contributed by atoms with van der Waals surface area (Å²) in [5.74, 6) is 0.636. The Bertz CT molecular complexity index is 1010. The van der Waals surface area contributed by atoms with Gasteiger partial charge in [0.25, 0.3) is 5.91 Å². The van der Waals surface area contributed by atoms with E-state index in [0.717, 1.165) is 60.9 Å². The molecule has 1 saturated heterocycles. The topological polar surface area (TPSA) is 72.7 Å². The van der Waals surface area contributed by atoms with Gasteiger partial charge in [-0.1, -0.05) is 11.3 Å². The number of ether oxygens (including phenoxy) is 2. The minimum atomic E-state index is -0.119. The molecule has 0 aliphatic carbocycles. The van der Waals surface area contributed by atoms with E-state index in [-0.39, 0.29) is 5.91 Å². The lowest BCUT2D eigenvalue weighted by Crippen LogP contribution is -2.39. The van der Waals surface area contributed by atoms with Crippen LogP contribution in [0.3, 0.4) is 0 Å². The Hall–Kier alpha value is -2.49. The molecule has 0 radical (unpaired) electrons. The number of methoxy groups -OCH3 is 1. The van der Waals surface area contributed by atoms with E-state index in [0.29, 0.717) is 17.4 Å². The summed E-state index contributed by atoms with van der Waals surface area (Å²) in [4.78, 5) is 22.2. The lowest BCUT2D eigenvalue weighted by Gasteiger charge is -2.27. The molecule has 2 aromatic heterocycles. The number of thiazole rings is 1. The van der Waals surface area contributed by atoms with Gasteiger partial charge in [0.15, 0.2) is 10.8 Å². The number of amides is 1. The number of aromatic nitrogens is 3. The standard InChI is InChI=1S/C21H27N5O3S/c1-15-13-18(23-24(15)2)20(27)26(8-4-7-25-9-11-29-12-10-25)21-22-17-14-16(28-3)5-6-19(17)30-21/h5-6,13-14H,4,7-12H2,1-3H3. The van der Waals surface area contributed by atoms with Gasteiger partial charge in [0, 0.05) is 45.0 Å². The van der Waals surface area contributed by atoms with Crippen molar-refractivity contribution < 1.29 is 14.3 Å². The van der Waals surface area contributed by atoms with Crippen molar-refractivity contribution in [3.05, 3.63) is 35.7 Å². The number of hydrogen-bond acceptors (Lipinski definition) is 7. The number of morpholine rings is 1. The number of fused-ring (bicyclic) bond motifs is 1. The average Bonchev–Trinajstić information content (AvgIpc) is 3.33. The molecule has 160 valence electrons. The maximum absolute atomic E-state index is 13.4. The number of nitrogens with zero attached hydrogens (tertiary/aromatic N) is 5. The maximum Gasteiger partial charge on any atom is 0.280 e. The number of carbonyl (C=O) groups excluding carboxylic acids is 1. The van der Waals surface area contributed by atoms with Gasteiger partial charge in [-0.15, -0.1) is 0 Å². The highest BCUT2D eigenvalue weighted by atomic mass is 32.1. The zero-order valence-corrected chi connectivity index (χ0v) is 18.4. The first-order valence-corrected chi connectivity index (χ1v) is 10.9. The van der Waals surface area contributed by atoms with Crippen LogP contribution in [0, 0.1) is 6.92 Å². The molecule has 0 spiro atoms. The molecule has 9 heteroatoms. The Morgan fingerprint density at radius 2 is 2.10 bits per heavy atom. The molecule has 0 unspecified atom stereocenters. The second-order valence-corrected chi connectivity index (χ2v) is 8.40. The fraction of sp³-hybridized carbons (Fsp3) is 0.476. The van der Waals surface area contributed by atoms with Crippen LogP contribution in [0.4, 0.5) is 5.13 Å². The first-order chi connectivity index (χ1) is 14.5. The van der Waals surface area contributed by atoms with Crippen LogP contribution in [-0.2, 0) is 11.8 Å². The number of rotatable bonds is 7. The van der Waals surface area contributed by atoms with E-state index in [1.165, 1.54) is 11.3 Å². The predicted molar refractivity (Wildman–Crippen MR) is 118 cm³/mol. The molecule has 1 amide bonds. The molecule has 0 bridgehead atoms. The lowest BCUT2D eigenvalue weighted by atomic mass is 10.3. The number of benzene rings is 1. The highest BCUT2D eigenvalue weighted by molar-refractivity contribution is 7.22. The summed E-state index contributed by atoms with van der Waals surface area (Å²) in [7, 11) is 3.48. The quantitative estimate of drug-likeness (QED) is 0.575. The van der Waals surface area contributed by atoms with Crippen LogP contribution >= 0.6 is 11.3 Å². The Morgan fingerprint density at radius 1 is 1.30 bits per heavy atom. The molecule has 1 aromatic carbocycles. The van der Waals surface area contributed by atoms with Crippen molar-refractivity contribution >= 4 is 32.6 Å². The third-order valence-corrected chi connectivity index (χ3v) is 6.41. The smallest absolute Gasteiger partial charge is 0.280 e. The minimum absolute atomic E-state index is 0.119. The Balaban J connectivity index is 1.58. The van der Waals surface area contributed by atoms with Gasteiger partial charge in [0.05, 0.1) is 30.5 Å². The highest BCUT2D eigenvalue weighted by Gasteiger charge is 2.24. The Morgan fingerprint density at radius 3 is 2.80 bits per heavy atom. The van der Waals surface area contributed by atoms with E-state index in [9.17, 15) is 4.79 Å². The molecule has 3 heterocycles. The van der Waals surface area contributed by atoms with E-state index in [2.05, 4.69) is 10.00 Å². The molecule has 8 nitrogen and oxygen atoms in total. The monoisotopic (exact) mass is 429 g/mol. The molecule has 1 fully saturated rings. The third-order valence-electron chi connectivity index (χ3n) is 5.35. The van der Waals surface area contributed by atoms with E-state index < -0.39 is 0 Å². The van der Waals surface area contributed by atoms with Crippen molar-refractivity contribution in [3.8, 4) is 5.75 Å². The molecular weight excluding hydrogens is 402 g/mol. The molecule has 1 aliphatic rings. The van der Waals surface area contributed by atoms with Crippen molar-refractivity contribution in [2.45, 2.75) is 13.3 Å². The highest BCUT2D eigenvalue weighted by Crippen LogP contribution is 2.32. The molecule has 3 aromatic rings. The van der Waals surface area contributed by atoms with Crippen molar-refractivity contribution in [1.29, 1.82) is 0 Å². The van der Waals surface area contributed by atoms with Gasteiger partial charge in [-0.2, -0.15) is 5.10 Å². The summed E-state index contributed by atoms with van der Waals surface area (Å²) in [5.41, 5.74) is 2.22. The van der Waals surface area contributed by atoms with Gasteiger partial charge in [0.1, 0.15) is 5.75 Å². The average molecular weight is 430 g/mol. The fourth-order valence-electron chi connectivity index (χ4n) is 3.50. The molecule has 0 saturated carbocycles. The van der Waals surface area contributed by atoms with Crippen LogP contribution in [-0.4, -0.2) is 72.1 Å². The summed E-state index contributed by atoms with van der Waals surface area (Å²) in [6, 6.07) is 7.62.